The van der Waals surface area contributed by atoms with E-state index in [4.69, 9.17) is 16.0 Å². The molecule has 1 aromatic carbocycles. The van der Waals surface area contributed by atoms with Gasteiger partial charge in [-0.15, -0.1) is 0 Å². The van der Waals surface area contributed by atoms with Crippen LogP contribution in [0.15, 0.2) is 41.0 Å². The molecule has 3 aromatic heterocycles. The fraction of sp³-hybridized carbons (Fsp3) is 0.273. The molecule has 0 spiro atoms. The summed E-state index contributed by atoms with van der Waals surface area (Å²) in [6.45, 7) is 5.60. The van der Waals surface area contributed by atoms with Crippen LogP contribution in [0.4, 0.5) is 10.2 Å². The van der Waals surface area contributed by atoms with Crippen LogP contribution in [0.5, 0.6) is 0 Å². The fourth-order valence-corrected chi connectivity index (χ4v) is 3.47. The Labute approximate surface area is 187 Å². The van der Waals surface area contributed by atoms with Crippen molar-refractivity contribution in [2.75, 3.05) is 5.32 Å². The summed E-state index contributed by atoms with van der Waals surface area (Å²) in [4.78, 5) is 20.1. The van der Waals surface area contributed by atoms with E-state index in [0.717, 1.165) is 0 Å². The van der Waals surface area contributed by atoms with Gasteiger partial charge in [-0.05, 0) is 35.7 Å². The van der Waals surface area contributed by atoms with Crippen molar-refractivity contribution in [1.82, 2.24) is 20.2 Å². The molecule has 1 atom stereocenters. The summed E-state index contributed by atoms with van der Waals surface area (Å²) in [7, 11) is 0. The average molecular weight is 458 g/mol. The number of hydrogen-bond donors (Lipinski definition) is 3. The number of halogens is 2. The molecule has 0 saturated carbocycles. The number of fused-ring (bicyclic) bond motifs is 1. The van der Waals surface area contributed by atoms with Crippen LogP contribution in [0.2, 0.25) is 5.02 Å². The van der Waals surface area contributed by atoms with Gasteiger partial charge in [0.25, 0.3) is 0 Å². The number of carbonyl (C=O) groups is 1. The largest absolute Gasteiger partial charge is 0.481 e. The zero-order chi connectivity index (χ0) is 23.0. The molecule has 0 fully saturated rings. The number of carboxylic acid groups (broad SMARTS) is 1. The molecule has 0 aliphatic rings. The topological polar surface area (TPSA) is 117 Å². The SMILES string of the molecule is CC(C)(C)[C@@H](CC(=O)O)Nc1nc(-c2n[nH]c3ccc(Cl)cc23)nc(-c2ccco2)c1F. The van der Waals surface area contributed by atoms with Gasteiger partial charge in [0.15, 0.2) is 23.2 Å². The van der Waals surface area contributed by atoms with Crippen molar-refractivity contribution < 1.29 is 18.7 Å². The summed E-state index contributed by atoms with van der Waals surface area (Å²) in [6, 6.07) is 7.80. The van der Waals surface area contributed by atoms with Gasteiger partial charge in [-0.3, -0.25) is 9.89 Å². The normalized spacial score (nSPS) is 12.8. The van der Waals surface area contributed by atoms with Crippen molar-refractivity contribution >= 4 is 34.3 Å². The Balaban J connectivity index is 1.89. The number of anilines is 1. The molecule has 0 radical (unpaired) electrons. The van der Waals surface area contributed by atoms with Crippen LogP contribution in [0.1, 0.15) is 27.2 Å². The number of carboxylic acids is 1. The third-order valence-corrected chi connectivity index (χ3v) is 5.31. The molecule has 0 amide bonds. The average Bonchev–Trinajstić information content (AvgIpc) is 3.37. The van der Waals surface area contributed by atoms with Crippen molar-refractivity contribution in [1.29, 1.82) is 0 Å². The van der Waals surface area contributed by atoms with Crippen LogP contribution in [-0.4, -0.2) is 37.3 Å². The van der Waals surface area contributed by atoms with Crippen LogP contribution in [0, 0.1) is 11.2 Å². The number of aromatic amines is 1. The lowest BCUT2D eigenvalue weighted by Gasteiger charge is -2.31. The summed E-state index contributed by atoms with van der Waals surface area (Å²) in [5, 5.41) is 20.7. The maximum Gasteiger partial charge on any atom is 0.305 e. The van der Waals surface area contributed by atoms with Gasteiger partial charge in [0.05, 0.1) is 18.2 Å². The summed E-state index contributed by atoms with van der Waals surface area (Å²) in [6.07, 6.45) is 1.19. The number of rotatable bonds is 6. The lowest BCUT2D eigenvalue weighted by atomic mass is 9.84. The third-order valence-electron chi connectivity index (χ3n) is 5.08. The Morgan fingerprint density at radius 1 is 1.28 bits per heavy atom. The molecule has 0 aliphatic carbocycles. The summed E-state index contributed by atoms with van der Waals surface area (Å²) < 4.78 is 20.8. The zero-order valence-corrected chi connectivity index (χ0v) is 18.4. The summed E-state index contributed by atoms with van der Waals surface area (Å²) in [5.41, 5.74) is 0.533. The predicted molar refractivity (Wildman–Crippen MR) is 119 cm³/mol. The number of nitrogens with one attached hydrogen (secondary N) is 2. The highest BCUT2D eigenvalue weighted by Gasteiger charge is 2.30. The molecule has 0 unspecified atom stereocenters. The molecular weight excluding hydrogens is 437 g/mol. The standard InChI is InChI=1S/C22H21ClFN5O3/c1-22(2,3)15(10-16(30)31)25-20-17(24)19(14-5-4-8-32-14)26-21(27-20)18-12-9-11(23)6-7-13(12)28-29-18/h4-9,15H,10H2,1-3H3,(H,28,29)(H,30,31)(H,25,26,27)/t15-/m1/s1. The van der Waals surface area contributed by atoms with Crippen LogP contribution in [-0.2, 0) is 4.79 Å². The van der Waals surface area contributed by atoms with Gasteiger partial charge in [-0.1, -0.05) is 32.4 Å². The lowest BCUT2D eigenvalue weighted by molar-refractivity contribution is -0.137. The Kier molecular flexibility index (Phi) is 5.60. The Hall–Kier alpha value is -3.46. The molecule has 32 heavy (non-hydrogen) atoms. The molecule has 3 heterocycles. The number of nitrogens with zero attached hydrogens (tertiary/aromatic N) is 3. The molecule has 0 aliphatic heterocycles. The molecule has 3 N–H and O–H groups in total. The number of aromatic nitrogens is 4. The molecule has 166 valence electrons. The molecule has 10 heteroatoms. The van der Waals surface area contributed by atoms with Crippen molar-refractivity contribution in [2.24, 2.45) is 5.41 Å². The minimum Gasteiger partial charge on any atom is -0.481 e. The van der Waals surface area contributed by atoms with Gasteiger partial charge < -0.3 is 14.8 Å². The summed E-state index contributed by atoms with van der Waals surface area (Å²) in [5.74, 6) is -1.55. The van der Waals surface area contributed by atoms with E-state index in [1.807, 2.05) is 20.8 Å². The van der Waals surface area contributed by atoms with Crippen molar-refractivity contribution in [3.8, 4) is 23.0 Å². The van der Waals surface area contributed by atoms with E-state index < -0.39 is 23.2 Å². The van der Waals surface area contributed by atoms with Gasteiger partial charge in [-0.25, -0.2) is 14.4 Å². The number of benzene rings is 1. The van der Waals surface area contributed by atoms with E-state index in [9.17, 15) is 9.90 Å². The first-order chi connectivity index (χ1) is 15.1. The van der Waals surface area contributed by atoms with Gasteiger partial charge in [-0.2, -0.15) is 5.10 Å². The maximum atomic E-state index is 15.5. The van der Waals surface area contributed by atoms with E-state index in [1.165, 1.54) is 6.26 Å². The Morgan fingerprint density at radius 2 is 2.06 bits per heavy atom. The quantitative estimate of drug-likeness (QED) is 0.356. The van der Waals surface area contributed by atoms with E-state index in [0.29, 0.717) is 21.6 Å². The Bertz CT molecular complexity index is 1280. The van der Waals surface area contributed by atoms with Gasteiger partial charge in [0, 0.05) is 16.5 Å². The Morgan fingerprint density at radius 3 is 2.72 bits per heavy atom. The first-order valence-electron chi connectivity index (χ1n) is 9.87. The van der Waals surface area contributed by atoms with Gasteiger partial charge in [0.1, 0.15) is 11.4 Å². The first kappa shape index (κ1) is 21.8. The van der Waals surface area contributed by atoms with Gasteiger partial charge in [0.2, 0.25) is 0 Å². The molecule has 0 saturated heterocycles. The van der Waals surface area contributed by atoms with E-state index in [1.54, 1.807) is 30.3 Å². The second kappa shape index (κ2) is 8.23. The van der Waals surface area contributed by atoms with E-state index >= 15 is 4.39 Å². The minimum absolute atomic E-state index is 0.0661. The molecule has 4 aromatic rings. The van der Waals surface area contributed by atoms with E-state index in [2.05, 4.69) is 25.5 Å². The van der Waals surface area contributed by atoms with Crippen LogP contribution < -0.4 is 5.32 Å². The van der Waals surface area contributed by atoms with Crippen molar-refractivity contribution in [3.05, 3.63) is 47.4 Å². The number of aliphatic carboxylic acids is 1. The zero-order valence-electron chi connectivity index (χ0n) is 17.6. The minimum atomic E-state index is -1.01. The fourth-order valence-electron chi connectivity index (χ4n) is 3.30. The maximum absolute atomic E-state index is 15.5. The van der Waals surface area contributed by atoms with Crippen LogP contribution in [0.25, 0.3) is 33.9 Å². The highest BCUT2D eigenvalue weighted by molar-refractivity contribution is 6.31. The van der Waals surface area contributed by atoms with Crippen LogP contribution in [0.3, 0.4) is 0 Å². The smallest absolute Gasteiger partial charge is 0.305 e. The molecule has 0 bridgehead atoms. The van der Waals surface area contributed by atoms with Crippen LogP contribution >= 0.6 is 11.6 Å². The summed E-state index contributed by atoms with van der Waals surface area (Å²) >= 11 is 6.15. The molecular formula is C22H21ClFN5O3. The van der Waals surface area contributed by atoms with Crippen molar-refractivity contribution in [3.63, 3.8) is 0 Å². The highest BCUT2D eigenvalue weighted by Crippen LogP contribution is 2.33. The highest BCUT2D eigenvalue weighted by atomic mass is 35.5. The van der Waals surface area contributed by atoms with Crippen molar-refractivity contribution in [2.45, 2.75) is 33.2 Å². The van der Waals surface area contributed by atoms with Gasteiger partial charge >= 0.3 is 5.97 Å². The molecule has 4 rings (SSSR count). The van der Waals surface area contributed by atoms with E-state index in [-0.39, 0.29) is 29.5 Å². The number of H-pyrrole nitrogens is 1. The lowest BCUT2D eigenvalue weighted by Crippen LogP contribution is -2.36. The molecule has 8 nitrogen and oxygen atoms in total. The third kappa shape index (κ3) is 4.29. The number of hydrogen-bond acceptors (Lipinski definition) is 6. The second-order valence-corrected chi connectivity index (χ2v) is 8.90. The second-order valence-electron chi connectivity index (χ2n) is 8.46. The number of furan rings is 1. The monoisotopic (exact) mass is 457 g/mol. The first-order valence-corrected chi connectivity index (χ1v) is 10.2. The predicted octanol–water partition coefficient (Wildman–Crippen LogP) is 5.37.